The van der Waals surface area contributed by atoms with E-state index in [-0.39, 0.29) is 24.4 Å². The third-order valence-electron chi connectivity index (χ3n) is 2.44. The molecule has 0 N–H and O–H groups in total. The van der Waals surface area contributed by atoms with Crippen molar-refractivity contribution in [3.63, 3.8) is 0 Å². The average molecular weight is 232 g/mol. The monoisotopic (exact) mass is 232 g/mol. The first-order chi connectivity index (χ1) is 8.13. The van der Waals surface area contributed by atoms with E-state index >= 15 is 0 Å². The number of Topliss-reactive ketones (excluding diaryl/α,β-unsaturated/α-hetero) is 1. The zero-order valence-corrected chi connectivity index (χ0v) is 9.56. The molecule has 0 unspecified atom stereocenters. The van der Waals surface area contributed by atoms with E-state index in [1.807, 2.05) is 6.07 Å². The van der Waals surface area contributed by atoms with Gasteiger partial charge in [-0.2, -0.15) is 5.10 Å². The minimum Gasteiger partial charge on any atom is -0.299 e. The number of carbonyl (C=O) groups is 1. The van der Waals surface area contributed by atoms with Crippen LogP contribution in [-0.4, -0.2) is 15.6 Å². The van der Waals surface area contributed by atoms with Gasteiger partial charge in [-0.25, -0.2) is 4.39 Å². The lowest BCUT2D eigenvalue weighted by molar-refractivity contribution is -0.117. The van der Waals surface area contributed by atoms with Crippen molar-refractivity contribution in [3.8, 4) is 0 Å². The van der Waals surface area contributed by atoms with E-state index in [1.165, 1.54) is 12.1 Å². The maximum Gasteiger partial charge on any atom is 0.143 e. The van der Waals surface area contributed by atoms with Crippen LogP contribution in [-0.2, 0) is 24.7 Å². The molecule has 1 aromatic heterocycles. The van der Waals surface area contributed by atoms with Crippen molar-refractivity contribution >= 4 is 5.78 Å². The van der Waals surface area contributed by atoms with Gasteiger partial charge in [0.05, 0.1) is 12.1 Å². The Balaban J connectivity index is 1.98. The smallest absolute Gasteiger partial charge is 0.143 e. The molecule has 3 nitrogen and oxygen atoms in total. The van der Waals surface area contributed by atoms with Gasteiger partial charge in [0.25, 0.3) is 0 Å². The Morgan fingerprint density at radius 1 is 1.35 bits per heavy atom. The fraction of sp³-hybridized carbons (Fsp3) is 0.231. The van der Waals surface area contributed by atoms with Gasteiger partial charge in [-0.3, -0.25) is 9.48 Å². The SMILES string of the molecule is Cn1ccc(CC(=O)Cc2cccc(F)c2)n1. The molecule has 4 heteroatoms. The summed E-state index contributed by atoms with van der Waals surface area (Å²) in [6.07, 6.45) is 2.33. The highest BCUT2D eigenvalue weighted by atomic mass is 19.1. The van der Waals surface area contributed by atoms with Gasteiger partial charge in [-0.1, -0.05) is 12.1 Å². The lowest BCUT2D eigenvalue weighted by Gasteiger charge is -2.00. The van der Waals surface area contributed by atoms with Gasteiger partial charge < -0.3 is 0 Å². The number of aromatic nitrogens is 2. The molecule has 0 saturated carbocycles. The number of hydrogen-bond donors (Lipinski definition) is 0. The second-order valence-electron chi connectivity index (χ2n) is 4.00. The molecule has 0 spiro atoms. The number of ketones is 1. The van der Waals surface area contributed by atoms with Crippen molar-refractivity contribution in [2.75, 3.05) is 0 Å². The van der Waals surface area contributed by atoms with E-state index in [0.29, 0.717) is 5.56 Å². The van der Waals surface area contributed by atoms with Crippen LogP contribution in [0.5, 0.6) is 0 Å². The molecule has 0 bridgehead atoms. The molecule has 0 amide bonds. The zero-order chi connectivity index (χ0) is 12.3. The van der Waals surface area contributed by atoms with Crippen molar-refractivity contribution in [1.82, 2.24) is 9.78 Å². The van der Waals surface area contributed by atoms with E-state index < -0.39 is 0 Å². The van der Waals surface area contributed by atoms with Gasteiger partial charge in [0, 0.05) is 19.7 Å². The fourth-order valence-corrected chi connectivity index (χ4v) is 1.70. The van der Waals surface area contributed by atoms with Crippen LogP contribution in [0.15, 0.2) is 36.5 Å². The lowest BCUT2D eigenvalue weighted by atomic mass is 10.1. The Kier molecular flexibility index (Phi) is 3.32. The van der Waals surface area contributed by atoms with Crippen LogP contribution < -0.4 is 0 Å². The van der Waals surface area contributed by atoms with E-state index in [1.54, 1.807) is 30.1 Å². The molecule has 0 fully saturated rings. The van der Waals surface area contributed by atoms with Gasteiger partial charge >= 0.3 is 0 Å². The maximum absolute atomic E-state index is 12.9. The van der Waals surface area contributed by atoms with Crippen LogP contribution in [0.2, 0.25) is 0 Å². The summed E-state index contributed by atoms with van der Waals surface area (Å²) in [6, 6.07) is 7.92. The standard InChI is InChI=1S/C13H13FN2O/c1-16-6-5-12(15-16)9-13(17)8-10-3-2-4-11(14)7-10/h2-7H,8-9H2,1H3. The minimum absolute atomic E-state index is 0.0364. The Labute approximate surface area is 98.9 Å². The molecule has 0 aliphatic carbocycles. The lowest BCUT2D eigenvalue weighted by Crippen LogP contribution is -2.07. The maximum atomic E-state index is 12.9. The molecule has 1 heterocycles. The summed E-state index contributed by atoms with van der Waals surface area (Å²) in [4.78, 5) is 11.7. The van der Waals surface area contributed by atoms with E-state index in [9.17, 15) is 9.18 Å². The van der Waals surface area contributed by atoms with E-state index in [2.05, 4.69) is 5.10 Å². The molecule has 0 saturated heterocycles. The number of halogens is 1. The Hall–Kier alpha value is -1.97. The Morgan fingerprint density at radius 3 is 2.82 bits per heavy atom. The first-order valence-electron chi connectivity index (χ1n) is 5.38. The molecule has 0 aliphatic rings. The van der Waals surface area contributed by atoms with Crippen molar-refractivity contribution in [3.05, 3.63) is 53.6 Å². The number of carbonyl (C=O) groups excluding carboxylic acids is 1. The fourth-order valence-electron chi connectivity index (χ4n) is 1.70. The molecule has 1 aromatic carbocycles. The number of benzene rings is 1. The van der Waals surface area contributed by atoms with Crippen LogP contribution in [0.25, 0.3) is 0 Å². The van der Waals surface area contributed by atoms with Crippen LogP contribution in [0.3, 0.4) is 0 Å². The van der Waals surface area contributed by atoms with E-state index in [0.717, 1.165) is 5.69 Å². The minimum atomic E-state index is -0.312. The zero-order valence-electron chi connectivity index (χ0n) is 9.56. The highest BCUT2D eigenvalue weighted by Gasteiger charge is 2.07. The van der Waals surface area contributed by atoms with E-state index in [4.69, 9.17) is 0 Å². The third kappa shape index (κ3) is 3.24. The van der Waals surface area contributed by atoms with Crippen molar-refractivity contribution in [2.24, 2.45) is 7.05 Å². The van der Waals surface area contributed by atoms with Crippen LogP contribution in [0.4, 0.5) is 4.39 Å². The average Bonchev–Trinajstić information content (AvgIpc) is 2.63. The van der Waals surface area contributed by atoms with Crippen LogP contribution in [0.1, 0.15) is 11.3 Å². The third-order valence-corrected chi connectivity index (χ3v) is 2.44. The molecule has 17 heavy (non-hydrogen) atoms. The summed E-state index contributed by atoms with van der Waals surface area (Å²) >= 11 is 0. The molecule has 88 valence electrons. The predicted octanol–water partition coefficient (Wildman–Crippen LogP) is 1.91. The molecule has 0 radical (unpaired) electrons. The number of aryl methyl sites for hydroxylation is 1. The topological polar surface area (TPSA) is 34.9 Å². The summed E-state index contributed by atoms with van der Waals surface area (Å²) < 4.78 is 14.6. The Morgan fingerprint density at radius 2 is 2.18 bits per heavy atom. The first kappa shape index (κ1) is 11.5. The summed E-state index contributed by atoms with van der Waals surface area (Å²) in [5.74, 6) is -0.276. The summed E-state index contributed by atoms with van der Waals surface area (Å²) in [6.45, 7) is 0. The quantitative estimate of drug-likeness (QED) is 0.807. The summed E-state index contributed by atoms with van der Waals surface area (Å²) in [5, 5.41) is 4.13. The summed E-state index contributed by atoms with van der Waals surface area (Å²) in [5.41, 5.74) is 1.44. The van der Waals surface area contributed by atoms with Gasteiger partial charge in [-0.15, -0.1) is 0 Å². The Bertz CT molecular complexity index is 534. The normalized spacial score (nSPS) is 10.5. The van der Waals surface area contributed by atoms with Gasteiger partial charge in [0.15, 0.2) is 0 Å². The molecule has 2 rings (SSSR count). The van der Waals surface area contributed by atoms with Crippen molar-refractivity contribution in [2.45, 2.75) is 12.8 Å². The number of rotatable bonds is 4. The van der Waals surface area contributed by atoms with Crippen molar-refractivity contribution in [1.29, 1.82) is 0 Å². The molecule has 2 aromatic rings. The molecular formula is C13H13FN2O. The van der Waals surface area contributed by atoms with Crippen LogP contribution in [0, 0.1) is 5.82 Å². The second kappa shape index (κ2) is 4.91. The highest BCUT2D eigenvalue weighted by molar-refractivity contribution is 5.82. The predicted molar refractivity (Wildman–Crippen MR) is 62.0 cm³/mol. The summed E-state index contributed by atoms with van der Waals surface area (Å²) in [7, 11) is 1.81. The largest absolute Gasteiger partial charge is 0.299 e. The first-order valence-corrected chi connectivity index (χ1v) is 5.38. The second-order valence-corrected chi connectivity index (χ2v) is 4.00. The van der Waals surface area contributed by atoms with Crippen LogP contribution >= 0.6 is 0 Å². The molecular weight excluding hydrogens is 219 g/mol. The van der Waals surface area contributed by atoms with Gasteiger partial charge in [0.2, 0.25) is 0 Å². The van der Waals surface area contributed by atoms with Gasteiger partial charge in [-0.05, 0) is 23.8 Å². The van der Waals surface area contributed by atoms with Crippen molar-refractivity contribution < 1.29 is 9.18 Å². The number of nitrogens with zero attached hydrogens (tertiary/aromatic N) is 2. The molecule has 0 atom stereocenters. The molecule has 0 aliphatic heterocycles. The van der Waals surface area contributed by atoms with Gasteiger partial charge in [0.1, 0.15) is 11.6 Å². The number of hydrogen-bond acceptors (Lipinski definition) is 2. The highest BCUT2D eigenvalue weighted by Crippen LogP contribution is 2.06.